The van der Waals surface area contributed by atoms with E-state index in [0.29, 0.717) is 5.56 Å². The Morgan fingerprint density at radius 1 is 1.42 bits per heavy atom. The molecule has 19 heavy (non-hydrogen) atoms. The van der Waals surface area contributed by atoms with E-state index in [1.54, 1.807) is 25.5 Å². The van der Waals surface area contributed by atoms with Crippen LogP contribution in [0, 0.1) is 0 Å². The number of nitrogens with zero attached hydrogens (tertiary/aromatic N) is 3. The highest BCUT2D eigenvalue weighted by atomic mass is 16.2. The van der Waals surface area contributed by atoms with E-state index < -0.39 is 0 Å². The molecule has 0 unspecified atom stereocenters. The first-order chi connectivity index (χ1) is 9.16. The zero-order chi connectivity index (χ0) is 13.7. The van der Waals surface area contributed by atoms with Crippen molar-refractivity contribution < 1.29 is 4.79 Å². The standard InChI is InChI=1S/C13H12N4O2/c1-17-9-11(4-5-12(17)18)13(19)16-15-8-10-3-2-6-14-7-10/h2-9H,1H3,(H,16,19)/b15-8+. The van der Waals surface area contributed by atoms with Crippen LogP contribution >= 0.6 is 0 Å². The summed E-state index contributed by atoms with van der Waals surface area (Å²) in [5, 5.41) is 3.82. The molecule has 0 saturated heterocycles. The molecular formula is C13H12N4O2. The van der Waals surface area contributed by atoms with Crippen LogP contribution in [0.25, 0.3) is 0 Å². The van der Waals surface area contributed by atoms with Crippen molar-refractivity contribution in [2.75, 3.05) is 0 Å². The van der Waals surface area contributed by atoms with Crippen LogP contribution in [0.5, 0.6) is 0 Å². The normalized spacial score (nSPS) is 10.6. The summed E-state index contributed by atoms with van der Waals surface area (Å²) in [4.78, 5) is 26.8. The first-order valence-corrected chi connectivity index (χ1v) is 5.57. The number of aromatic nitrogens is 2. The third-order valence-corrected chi connectivity index (χ3v) is 2.41. The third-order valence-electron chi connectivity index (χ3n) is 2.41. The number of hydrazone groups is 1. The van der Waals surface area contributed by atoms with Crippen LogP contribution < -0.4 is 11.0 Å². The second-order valence-electron chi connectivity index (χ2n) is 3.85. The molecule has 96 valence electrons. The zero-order valence-electron chi connectivity index (χ0n) is 10.3. The van der Waals surface area contributed by atoms with Gasteiger partial charge in [-0.05, 0) is 12.1 Å². The van der Waals surface area contributed by atoms with Gasteiger partial charge in [0, 0.05) is 37.3 Å². The number of rotatable bonds is 3. The summed E-state index contributed by atoms with van der Waals surface area (Å²) in [5.41, 5.74) is 3.36. The Balaban J connectivity index is 2.03. The lowest BCUT2D eigenvalue weighted by molar-refractivity contribution is 0.0954. The van der Waals surface area contributed by atoms with Crippen LogP contribution in [0.15, 0.2) is 52.8 Å². The van der Waals surface area contributed by atoms with Crippen molar-refractivity contribution in [2.24, 2.45) is 12.1 Å². The molecule has 2 aromatic heterocycles. The summed E-state index contributed by atoms with van der Waals surface area (Å²) in [6, 6.07) is 6.38. The maximum absolute atomic E-state index is 11.7. The maximum Gasteiger partial charge on any atom is 0.272 e. The molecule has 1 N–H and O–H groups in total. The van der Waals surface area contributed by atoms with Crippen molar-refractivity contribution in [1.82, 2.24) is 15.0 Å². The predicted octanol–water partition coefficient (Wildman–Crippen LogP) is 0.544. The minimum Gasteiger partial charge on any atom is -0.318 e. The molecule has 0 radical (unpaired) electrons. The number of nitrogens with one attached hydrogen (secondary N) is 1. The Hall–Kier alpha value is -2.76. The van der Waals surface area contributed by atoms with E-state index in [9.17, 15) is 9.59 Å². The molecule has 2 rings (SSSR count). The summed E-state index contributed by atoms with van der Waals surface area (Å²) >= 11 is 0. The second-order valence-corrected chi connectivity index (χ2v) is 3.85. The molecule has 0 fully saturated rings. The van der Waals surface area contributed by atoms with Gasteiger partial charge < -0.3 is 4.57 Å². The van der Waals surface area contributed by atoms with Crippen LogP contribution in [-0.4, -0.2) is 21.7 Å². The zero-order valence-corrected chi connectivity index (χ0v) is 10.3. The Morgan fingerprint density at radius 3 is 2.95 bits per heavy atom. The van der Waals surface area contributed by atoms with E-state index in [0.717, 1.165) is 5.56 Å². The SMILES string of the molecule is Cn1cc(C(=O)N/N=C/c2cccnc2)ccc1=O. The van der Waals surface area contributed by atoms with Gasteiger partial charge in [-0.15, -0.1) is 0 Å². The molecule has 0 aliphatic heterocycles. The summed E-state index contributed by atoms with van der Waals surface area (Å²) in [6.45, 7) is 0. The number of carbonyl (C=O) groups is 1. The largest absolute Gasteiger partial charge is 0.318 e. The number of pyridine rings is 2. The van der Waals surface area contributed by atoms with Gasteiger partial charge in [-0.2, -0.15) is 5.10 Å². The molecular weight excluding hydrogens is 244 g/mol. The number of amides is 1. The van der Waals surface area contributed by atoms with Crippen molar-refractivity contribution in [3.8, 4) is 0 Å². The predicted molar refractivity (Wildman–Crippen MR) is 71.0 cm³/mol. The number of hydrogen-bond acceptors (Lipinski definition) is 4. The van der Waals surface area contributed by atoms with Gasteiger partial charge in [0.25, 0.3) is 5.91 Å². The molecule has 2 aromatic rings. The summed E-state index contributed by atoms with van der Waals surface area (Å²) < 4.78 is 1.33. The fraction of sp³-hybridized carbons (Fsp3) is 0.0769. The van der Waals surface area contributed by atoms with E-state index in [2.05, 4.69) is 15.5 Å². The van der Waals surface area contributed by atoms with Crippen molar-refractivity contribution >= 4 is 12.1 Å². The molecule has 1 amide bonds. The number of aryl methyl sites for hydroxylation is 1. The first kappa shape index (κ1) is 12.7. The smallest absolute Gasteiger partial charge is 0.272 e. The van der Waals surface area contributed by atoms with Gasteiger partial charge in [0.15, 0.2) is 0 Å². The van der Waals surface area contributed by atoms with Crippen LogP contribution in [0.2, 0.25) is 0 Å². The molecule has 0 aliphatic carbocycles. The quantitative estimate of drug-likeness (QED) is 0.643. The molecule has 0 saturated carbocycles. The molecule has 0 aliphatic rings. The summed E-state index contributed by atoms with van der Waals surface area (Å²) in [6.07, 6.45) is 6.23. The van der Waals surface area contributed by atoms with Crippen LogP contribution in [-0.2, 0) is 7.05 Å². The summed E-state index contributed by atoms with van der Waals surface area (Å²) in [7, 11) is 1.58. The average Bonchev–Trinajstić information content (AvgIpc) is 2.43. The van der Waals surface area contributed by atoms with Crippen LogP contribution in [0.1, 0.15) is 15.9 Å². The first-order valence-electron chi connectivity index (χ1n) is 5.57. The van der Waals surface area contributed by atoms with E-state index in [4.69, 9.17) is 0 Å². The molecule has 0 spiro atoms. The minimum atomic E-state index is -0.379. The number of hydrogen-bond donors (Lipinski definition) is 1. The highest BCUT2D eigenvalue weighted by Gasteiger charge is 2.04. The Labute approximate surface area is 109 Å². The van der Waals surface area contributed by atoms with E-state index in [-0.39, 0.29) is 11.5 Å². The van der Waals surface area contributed by atoms with Gasteiger partial charge >= 0.3 is 0 Å². The van der Waals surface area contributed by atoms with Crippen molar-refractivity contribution in [1.29, 1.82) is 0 Å². The lowest BCUT2D eigenvalue weighted by atomic mass is 10.3. The fourth-order valence-corrected chi connectivity index (χ4v) is 1.41. The topological polar surface area (TPSA) is 76.3 Å². The van der Waals surface area contributed by atoms with Crippen molar-refractivity contribution in [3.05, 3.63) is 64.3 Å². The maximum atomic E-state index is 11.7. The van der Waals surface area contributed by atoms with Gasteiger partial charge in [-0.1, -0.05) is 6.07 Å². The minimum absolute atomic E-state index is 0.171. The molecule has 0 aromatic carbocycles. The van der Waals surface area contributed by atoms with Gasteiger partial charge in [0.2, 0.25) is 5.56 Å². The van der Waals surface area contributed by atoms with Crippen molar-refractivity contribution in [3.63, 3.8) is 0 Å². The highest BCUT2D eigenvalue weighted by molar-refractivity contribution is 5.94. The van der Waals surface area contributed by atoms with Crippen LogP contribution in [0.3, 0.4) is 0 Å². The van der Waals surface area contributed by atoms with E-state index >= 15 is 0 Å². The molecule has 2 heterocycles. The van der Waals surface area contributed by atoms with Gasteiger partial charge in [0.05, 0.1) is 11.8 Å². The lowest BCUT2D eigenvalue weighted by Crippen LogP contribution is -2.22. The van der Waals surface area contributed by atoms with E-state index in [1.807, 2.05) is 6.07 Å². The fourth-order valence-electron chi connectivity index (χ4n) is 1.41. The van der Waals surface area contributed by atoms with Gasteiger partial charge in [-0.3, -0.25) is 14.6 Å². The lowest BCUT2D eigenvalue weighted by Gasteiger charge is -2.01. The van der Waals surface area contributed by atoms with Gasteiger partial charge in [0.1, 0.15) is 0 Å². The van der Waals surface area contributed by atoms with E-state index in [1.165, 1.54) is 29.1 Å². The monoisotopic (exact) mass is 256 g/mol. The van der Waals surface area contributed by atoms with Gasteiger partial charge in [-0.25, -0.2) is 5.43 Å². The molecule has 0 bridgehead atoms. The Bertz CT molecular complexity index is 662. The third kappa shape index (κ3) is 3.35. The van der Waals surface area contributed by atoms with Crippen molar-refractivity contribution in [2.45, 2.75) is 0 Å². The summed E-state index contributed by atoms with van der Waals surface area (Å²) in [5.74, 6) is -0.379. The molecule has 6 nitrogen and oxygen atoms in total. The Kier molecular flexibility index (Phi) is 3.82. The molecule has 0 atom stereocenters. The second kappa shape index (κ2) is 5.72. The Morgan fingerprint density at radius 2 is 2.26 bits per heavy atom. The molecule has 6 heteroatoms. The highest BCUT2D eigenvalue weighted by Crippen LogP contribution is 1.95. The number of carbonyl (C=O) groups excluding carboxylic acids is 1. The van der Waals surface area contributed by atoms with Crippen LogP contribution in [0.4, 0.5) is 0 Å². The average molecular weight is 256 g/mol.